The number of likely N-dealkylation sites (N-methyl/N-ethyl adjacent to an activating group) is 2. The molecule has 0 heterocycles. The Labute approximate surface area is 84.1 Å². The van der Waals surface area contributed by atoms with Gasteiger partial charge in [0.2, 0.25) is 0 Å². The van der Waals surface area contributed by atoms with Crippen LogP contribution in [0.4, 0.5) is 12.9 Å². The van der Waals surface area contributed by atoms with Crippen molar-refractivity contribution in [2.75, 3.05) is 33.6 Å². The fourth-order valence-electron chi connectivity index (χ4n) is 1.53. The second-order valence-electron chi connectivity index (χ2n) is 3.91. The normalized spacial score (nSPS) is 15.2. The lowest BCUT2D eigenvalue weighted by atomic mass is 9.90. The lowest BCUT2D eigenvalue weighted by Crippen LogP contribution is -2.46. The molecule has 0 radical (unpaired) electrons. The molecular formula is C8H19BF3N2-. The fourth-order valence-corrected chi connectivity index (χ4v) is 1.53. The predicted molar refractivity (Wildman–Crippen MR) is 54.3 cm³/mol. The molecule has 6 heteroatoms. The standard InChI is InChI=1S/C8H19BF3N2/c1-5-14(7-9(10,11)12)8(2)6-13(3)4/h8H,5-7H2,1-4H3/q-1. The fraction of sp³-hybridized carbons (Fsp3) is 1.00. The highest BCUT2D eigenvalue weighted by Gasteiger charge is 2.27. The quantitative estimate of drug-likeness (QED) is 0.616. The summed E-state index contributed by atoms with van der Waals surface area (Å²) in [6, 6.07) is -0.0569. The summed E-state index contributed by atoms with van der Waals surface area (Å²) >= 11 is 0. The van der Waals surface area contributed by atoms with E-state index in [1.807, 2.05) is 25.9 Å². The minimum absolute atomic E-state index is 0.0569. The van der Waals surface area contributed by atoms with Gasteiger partial charge < -0.3 is 22.7 Å². The summed E-state index contributed by atoms with van der Waals surface area (Å²) in [4.78, 5) is 3.36. The van der Waals surface area contributed by atoms with E-state index in [0.717, 1.165) is 0 Å². The van der Waals surface area contributed by atoms with Crippen LogP contribution in [0, 0.1) is 0 Å². The van der Waals surface area contributed by atoms with Gasteiger partial charge in [-0.2, -0.15) is 0 Å². The Morgan fingerprint density at radius 1 is 1.21 bits per heavy atom. The van der Waals surface area contributed by atoms with Crippen molar-refractivity contribution in [3.05, 3.63) is 0 Å². The molecule has 0 amide bonds. The smallest absolute Gasteiger partial charge is 0.448 e. The molecule has 0 spiro atoms. The molecule has 86 valence electrons. The summed E-state index contributed by atoms with van der Waals surface area (Å²) in [5, 5.41) is 0. The molecule has 1 unspecified atom stereocenters. The molecule has 0 fully saturated rings. The minimum atomic E-state index is -4.71. The van der Waals surface area contributed by atoms with Gasteiger partial charge in [-0.05, 0) is 34.0 Å². The van der Waals surface area contributed by atoms with Gasteiger partial charge in [-0.3, -0.25) is 0 Å². The van der Waals surface area contributed by atoms with Crippen LogP contribution in [-0.4, -0.2) is 56.4 Å². The largest absolute Gasteiger partial charge is 0.492 e. The first-order valence-corrected chi connectivity index (χ1v) is 4.86. The predicted octanol–water partition coefficient (Wildman–Crippen LogP) is 1.65. The van der Waals surface area contributed by atoms with E-state index in [0.29, 0.717) is 13.1 Å². The van der Waals surface area contributed by atoms with Crippen molar-refractivity contribution in [2.45, 2.75) is 19.9 Å². The van der Waals surface area contributed by atoms with Gasteiger partial charge in [0.05, 0.1) is 0 Å². The van der Waals surface area contributed by atoms with Crippen LogP contribution in [0.25, 0.3) is 0 Å². The zero-order valence-electron chi connectivity index (χ0n) is 9.30. The average molecular weight is 211 g/mol. The van der Waals surface area contributed by atoms with Gasteiger partial charge in [-0.25, -0.2) is 0 Å². The second-order valence-corrected chi connectivity index (χ2v) is 3.91. The van der Waals surface area contributed by atoms with Crippen LogP contribution >= 0.6 is 0 Å². The van der Waals surface area contributed by atoms with Crippen LogP contribution < -0.4 is 0 Å². The van der Waals surface area contributed by atoms with Crippen LogP contribution in [0.1, 0.15) is 13.8 Å². The Morgan fingerprint density at radius 2 is 1.71 bits per heavy atom. The molecule has 14 heavy (non-hydrogen) atoms. The van der Waals surface area contributed by atoms with Gasteiger partial charge in [0.15, 0.2) is 0 Å². The second kappa shape index (κ2) is 5.61. The van der Waals surface area contributed by atoms with Crippen LogP contribution in [0.3, 0.4) is 0 Å². The molecule has 1 atom stereocenters. The highest BCUT2D eigenvalue weighted by Crippen LogP contribution is 2.12. The van der Waals surface area contributed by atoms with Crippen LogP contribution in [0.15, 0.2) is 0 Å². The number of rotatable bonds is 6. The summed E-state index contributed by atoms with van der Waals surface area (Å²) in [6.45, 7) is -0.0306. The molecule has 0 aliphatic carbocycles. The van der Waals surface area contributed by atoms with E-state index in [9.17, 15) is 12.9 Å². The third-order valence-corrected chi connectivity index (χ3v) is 2.10. The van der Waals surface area contributed by atoms with Crippen molar-refractivity contribution >= 4 is 6.98 Å². The first kappa shape index (κ1) is 13.8. The highest BCUT2D eigenvalue weighted by molar-refractivity contribution is 6.58. The molecule has 0 aromatic rings. The van der Waals surface area contributed by atoms with Gasteiger partial charge in [0, 0.05) is 12.6 Å². The van der Waals surface area contributed by atoms with E-state index in [4.69, 9.17) is 0 Å². The van der Waals surface area contributed by atoms with E-state index >= 15 is 0 Å². The molecule has 0 aromatic heterocycles. The molecule has 0 rings (SSSR count). The van der Waals surface area contributed by atoms with Gasteiger partial charge in [0.25, 0.3) is 0 Å². The average Bonchev–Trinajstić information content (AvgIpc) is 1.96. The molecule has 0 aliphatic rings. The maximum atomic E-state index is 12.2. The molecule has 0 bridgehead atoms. The van der Waals surface area contributed by atoms with Crippen LogP contribution in [-0.2, 0) is 0 Å². The zero-order chi connectivity index (χ0) is 11.4. The topological polar surface area (TPSA) is 6.48 Å². The van der Waals surface area contributed by atoms with Crippen molar-refractivity contribution in [1.29, 1.82) is 0 Å². The minimum Gasteiger partial charge on any atom is -0.448 e. The number of halogens is 3. The van der Waals surface area contributed by atoms with Crippen molar-refractivity contribution in [3.63, 3.8) is 0 Å². The summed E-state index contributed by atoms with van der Waals surface area (Å²) in [7, 11) is 3.73. The number of hydrogen-bond acceptors (Lipinski definition) is 2. The molecule has 0 saturated heterocycles. The summed E-state index contributed by atoms with van der Waals surface area (Å²) < 4.78 is 36.6. The maximum Gasteiger partial charge on any atom is 0.492 e. The van der Waals surface area contributed by atoms with Gasteiger partial charge >= 0.3 is 6.98 Å². The van der Waals surface area contributed by atoms with Gasteiger partial charge in [-0.15, -0.1) is 0 Å². The third kappa shape index (κ3) is 6.26. The Balaban J connectivity index is 4.12. The maximum absolute atomic E-state index is 12.2. The zero-order valence-corrected chi connectivity index (χ0v) is 9.30. The van der Waals surface area contributed by atoms with E-state index < -0.39 is 13.4 Å². The Hall–Kier alpha value is -0.225. The molecule has 0 saturated carbocycles. The SMILES string of the molecule is CCN(C[B-](F)(F)F)C(C)CN(C)C. The lowest BCUT2D eigenvalue weighted by molar-refractivity contribution is 0.190. The summed E-state index contributed by atoms with van der Waals surface area (Å²) in [5.74, 6) is 0. The van der Waals surface area contributed by atoms with Crippen molar-refractivity contribution in [3.8, 4) is 0 Å². The van der Waals surface area contributed by atoms with Crippen molar-refractivity contribution in [1.82, 2.24) is 9.80 Å². The Morgan fingerprint density at radius 3 is 2.00 bits per heavy atom. The van der Waals surface area contributed by atoms with E-state index in [2.05, 4.69) is 0 Å². The lowest BCUT2D eigenvalue weighted by Gasteiger charge is -2.33. The first-order valence-electron chi connectivity index (χ1n) is 4.86. The Kier molecular flexibility index (Phi) is 5.52. The highest BCUT2D eigenvalue weighted by atomic mass is 19.4. The van der Waals surface area contributed by atoms with E-state index in [-0.39, 0.29) is 6.04 Å². The Bertz CT molecular complexity index is 161. The van der Waals surface area contributed by atoms with E-state index in [1.165, 1.54) is 4.90 Å². The first-order chi connectivity index (χ1) is 6.26. The molecule has 0 aliphatic heterocycles. The summed E-state index contributed by atoms with van der Waals surface area (Å²) in [6.07, 6.45) is -0.758. The van der Waals surface area contributed by atoms with Crippen molar-refractivity contribution in [2.24, 2.45) is 0 Å². The number of hydrogen-bond donors (Lipinski definition) is 0. The third-order valence-electron chi connectivity index (χ3n) is 2.10. The van der Waals surface area contributed by atoms with Crippen LogP contribution in [0.5, 0.6) is 0 Å². The molecule has 2 nitrogen and oxygen atoms in total. The van der Waals surface area contributed by atoms with E-state index in [1.54, 1.807) is 6.92 Å². The summed E-state index contributed by atoms with van der Waals surface area (Å²) in [5.41, 5.74) is 0. The van der Waals surface area contributed by atoms with Crippen LogP contribution in [0.2, 0.25) is 0 Å². The monoisotopic (exact) mass is 211 g/mol. The molecule has 0 N–H and O–H groups in total. The van der Waals surface area contributed by atoms with Crippen molar-refractivity contribution < 1.29 is 12.9 Å². The van der Waals surface area contributed by atoms with Gasteiger partial charge in [-0.1, -0.05) is 6.92 Å². The molecule has 0 aromatic carbocycles. The number of nitrogens with zero attached hydrogens (tertiary/aromatic N) is 2. The van der Waals surface area contributed by atoms with Gasteiger partial charge in [0.1, 0.15) is 0 Å². The molecular weight excluding hydrogens is 192 g/mol.